The summed E-state index contributed by atoms with van der Waals surface area (Å²) in [6, 6.07) is 0. The largest absolute Gasteiger partial charge is 0.508 e. The Morgan fingerprint density at radius 1 is 1.57 bits per heavy atom. The summed E-state index contributed by atoms with van der Waals surface area (Å²) >= 11 is 0. The molecule has 0 aliphatic carbocycles. The van der Waals surface area contributed by atoms with Crippen LogP contribution in [0, 0.1) is 0 Å². The topological polar surface area (TPSA) is 78.9 Å². The van der Waals surface area contributed by atoms with Gasteiger partial charge in [-0.05, 0) is 6.42 Å². The lowest BCUT2D eigenvalue weighted by molar-refractivity contribution is 0.0996. The van der Waals surface area contributed by atoms with Crippen LogP contribution in [0.4, 0.5) is 4.79 Å². The first-order chi connectivity index (χ1) is 6.53. The highest BCUT2D eigenvalue weighted by Gasteiger charge is 2.26. The molecule has 1 rings (SSSR count). The van der Waals surface area contributed by atoms with Gasteiger partial charge in [0.1, 0.15) is 13.2 Å². The van der Waals surface area contributed by atoms with Crippen LogP contribution in [0.25, 0.3) is 0 Å². The van der Waals surface area contributed by atoms with Gasteiger partial charge < -0.3 is 9.47 Å². The second-order valence-electron chi connectivity index (χ2n) is 2.85. The van der Waals surface area contributed by atoms with E-state index in [1.165, 1.54) is 0 Å². The van der Waals surface area contributed by atoms with Crippen molar-refractivity contribution in [3.05, 3.63) is 0 Å². The van der Waals surface area contributed by atoms with Crippen molar-refractivity contribution in [2.75, 3.05) is 19.0 Å². The highest BCUT2D eigenvalue weighted by atomic mass is 32.2. The van der Waals surface area contributed by atoms with E-state index in [1.807, 2.05) is 0 Å². The van der Waals surface area contributed by atoms with Crippen LogP contribution < -0.4 is 0 Å². The predicted octanol–water partition coefficient (Wildman–Crippen LogP) is 0.278. The van der Waals surface area contributed by atoms with Gasteiger partial charge >= 0.3 is 6.16 Å². The first-order valence-electron chi connectivity index (χ1n) is 4.24. The van der Waals surface area contributed by atoms with E-state index in [-0.39, 0.29) is 19.0 Å². The van der Waals surface area contributed by atoms with Crippen molar-refractivity contribution in [2.45, 2.75) is 19.4 Å². The summed E-state index contributed by atoms with van der Waals surface area (Å²) in [6.45, 7) is 1.61. The molecule has 0 radical (unpaired) electrons. The van der Waals surface area contributed by atoms with Gasteiger partial charge in [0.2, 0.25) is 0 Å². The smallest absolute Gasteiger partial charge is 0.430 e. The Bertz CT molecular complexity index is 295. The highest BCUT2D eigenvalue weighted by molar-refractivity contribution is 7.86. The van der Waals surface area contributed by atoms with Crippen LogP contribution in [0.15, 0.2) is 0 Å². The summed E-state index contributed by atoms with van der Waals surface area (Å²) in [6.07, 6.45) is -0.913. The van der Waals surface area contributed by atoms with Gasteiger partial charge in [0.25, 0.3) is 10.1 Å². The maximum atomic E-state index is 11.1. The molecule has 0 N–H and O–H groups in total. The van der Waals surface area contributed by atoms with Crippen LogP contribution >= 0.6 is 0 Å². The lowest BCUT2D eigenvalue weighted by Gasteiger charge is -2.06. The van der Waals surface area contributed by atoms with E-state index in [4.69, 9.17) is 0 Å². The van der Waals surface area contributed by atoms with Crippen LogP contribution in [0.3, 0.4) is 0 Å². The molecule has 1 aliphatic rings. The molecular formula is C7H12O6S. The SMILES string of the molecule is CCCS(=O)(=O)OCC1COC(=O)O1. The van der Waals surface area contributed by atoms with Crippen molar-refractivity contribution in [3.63, 3.8) is 0 Å². The van der Waals surface area contributed by atoms with Gasteiger partial charge in [0, 0.05) is 0 Å². The second-order valence-corrected chi connectivity index (χ2v) is 4.61. The molecule has 1 fully saturated rings. The molecule has 0 bridgehead atoms. The van der Waals surface area contributed by atoms with Crippen molar-refractivity contribution >= 4 is 16.3 Å². The van der Waals surface area contributed by atoms with Gasteiger partial charge in [0.15, 0.2) is 6.10 Å². The van der Waals surface area contributed by atoms with Gasteiger partial charge in [-0.3, -0.25) is 4.18 Å². The molecule has 0 aromatic rings. The molecule has 0 amide bonds. The van der Waals surface area contributed by atoms with Gasteiger partial charge in [-0.25, -0.2) is 4.79 Å². The third-order valence-electron chi connectivity index (χ3n) is 1.54. The predicted molar refractivity (Wildman–Crippen MR) is 46.3 cm³/mol. The molecule has 6 nitrogen and oxygen atoms in total. The van der Waals surface area contributed by atoms with E-state index >= 15 is 0 Å². The van der Waals surface area contributed by atoms with Crippen molar-refractivity contribution in [2.24, 2.45) is 0 Å². The molecule has 0 aromatic heterocycles. The third kappa shape index (κ3) is 3.51. The first kappa shape index (κ1) is 11.3. The molecule has 0 saturated carbocycles. The molecule has 0 spiro atoms. The minimum absolute atomic E-state index is 0.0332. The number of carbonyl (C=O) groups excluding carboxylic acids is 1. The molecule has 1 unspecified atom stereocenters. The molecular weight excluding hydrogens is 212 g/mol. The van der Waals surface area contributed by atoms with E-state index in [0.29, 0.717) is 6.42 Å². The number of ether oxygens (including phenoxy) is 2. The average molecular weight is 224 g/mol. The van der Waals surface area contributed by atoms with E-state index in [0.717, 1.165) is 0 Å². The van der Waals surface area contributed by atoms with Gasteiger partial charge in [-0.1, -0.05) is 6.92 Å². The van der Waals surface area contributed by atoms with Gasteiger partial charge in [0.05, 0.1) is 5.75 Å². The molecule has 0 aromatic carbocycles. The van der Waals surface area contributed by atoms with E-state index < -0.39 is 22.4 Å². The summed E-state index contributed by atoms with van der Waals surface area (Å²) in [7, 11) is -3.48. The summed E-state index contributed by atoms with van der Waals surface area (Å²) < 4.78 is 35.8. The number of hydrogen-bond donors (Lipinski definition) is 0. The molecule has 14 heavy (non-hydrogen) atoms. The van der Waals surface area contributed by atoms with Crippen LogP contribution in [0.5, 0.6) is 0 Å². The Morgan fingerprint density at radius 3 is 2.79 bits per heavy atom. The second kappa shape index (κ2) is 4.61. The Balaban J connectivity index is 2.30. The van der Waals surface area contributed by atoms with E-state index in [9.17, 15) is 13.2 Å². The normalized spacial score (nSPS) is 21.8. The van der Waals surface area contributed by atoms with Crippen LogP contribution in [0.1, 0.15) is 13.3 Å². The fraction of sp³-hybridized carbons (Fsp3) is 0.857. The Kier molecular flexibility index (Phi) is 3.70. The minimum Gasteiger partial charge on any atom is -0.430 e. The van der Waals surface area contributed by atoms with Crippen LogP contribution in [-0.4, -0.2) is 39.6 Å². The third-order valence-corrected chi connectivity index (χ3v) is 2.94. The fourth-order valence-corrected chi connectivity index (χ4v) is 1.91. The number of rotatable bonds is 5. The van der Waals surface area contributed by atoms with Crippen LogP contribution in [-0.2, 0) is 23.8 Å². The number of hydrogen-bond acceptors (Lipinski definition) is 6. The summed E-state index contributed by atoms with van der Waals surface area (Å²) in [5.41, 5.74) is 0. The number of carbonyl (C=O) groups is 1. The fourth-order valence-electron chi connectivity index (χ4n) is 0.936. The van der Waals surface area contributed by atoms with Crippen molar-refractivity contribution in [1.29, 1.82) is 0 Å². The van der Waals surface area contributed by atoms with E-state index in [1.54, 1.807) is 6.92 Å². The molecule has 1 saturated heterocycles. The molecule has 1 heterocycles. The summed E-state index contributed by atoms with van der Waals surface area (Å²) in [5, 5.41) is 0. The quantitative estimate of drug-likeness (QED) is 0.493. The van der Waals surface area contributed by atoms with Gasteiger partial charge in [-0.15, -0.1) is 0 Å². The highest BCUT2D eigenvalue weighted by Crippen LogP contribution is 2.08. The van der Waals surface area contributed by atoms with E-state index in [2.05, 4.69) is 13.7 Å². The maximum absolute atomic E-state index is 11.1. The Hall–Kier alpha value is -0.820. The lowest BCUT2D eigenvalue weighted by atomic mass is 10.4. The molecule has 82 valence electrons. The average Bonchev–Trinajstić information content (AvgIpc) is 2.48. The van der Waals surface area contributed by atoms with Gasteiger partial charge in [-0.2, -0.15) is 8.42 Å². The molecule has 7 heteroatoms. The lowest BCUT2D eigenvalue weighted by Crippen LogP contribution is -2.22. The molecule has 1 atom stereocenters. The van der Waals surface area contributed by atoms with Crippen molar-refractivity contribution < 1.29 is 26.9 Å². The van der Waals surface area contributed by atoms with Crippen molar-refractivity contribution in [1.82, 2.24) is 0 Å². The Labute approximate surface area is 82.3 Å². The Morgan fingerprint density at radius 2 is 2.29 bits per heavy atom. The summed E-state index contributed by atoms with van der Waals surface area (Å²) in [5.74, 6) is -0.0332. The van der Waals surface area contributed by atoms with Crippen LogP contribution in [0.2, 0.25) is 0 Å². The zero-order valence-corrected chi connectivity index (χ0v) is 8.58. The zero-order chi connectivity index (χ0) is 10.6. The number of cyclic esters (lactones) is 2. The molecule has 1 aliphatic heterocycles. The zero-order valence-electron chi connectivity index (χ0n) is 7.76. The standard InChI is InChI=1S/C7H12O6S/c1-2-3-14(9,10)12-5-6-4-11-7(8)13-6/h6H,2-5H2,1H3. The minimum atomic E-state index is -3.48. The monoisotopic (exact) mass is 224 g/mol. The summed E-state index contributed by atoms with van der Waals surface area (Å²) in [4.78, 5) is 10.5. The van der Waals surface area contributed by atoms with Crippen molar-refractivity contribution in [3.8, 4) is 0 Å². The first-order valence-corrected chi connectivity index (χ1v) is 5.82. The maximum Gasteiger partial charge on any atom is 0.508 e.